The first-order chi connectivity index (χ1) is 9.70. The van der Waals surface area contributed by atoms with Crippen LogP contribution in [0.3, 0.4) is 0 Å². The molecule has 2 rings (SSSR count). The van der Waals surface area contributed by atoms with Crippen LogP contribution in [-0.4, -0.2) is 56.6 Å². The van der Waals surface area contributed by atoms with Crippen LogP contribution >= 0.6 is 0 Å². The molecule has 2 N–H and O–H groups in total. The Kier molecular flexibility index (Phi) is 5.49. The minimum atomic E-state index is -0.198. The number of hydrogen-bond acceptors (Lipinski definition) is 5. The predicted octanol–water partition coefficient (Wildman–Crippen LogP) is -0.239. The maximum absolute atomic E-state index is 12.1. The van der Waals surface area contributed by atoms with Gasteiger partial charge >= 0.3 is 0 Å². The smallest absolute Gasteiger partial charge is 0.239 e. The Bertz CT molecular complexity index is 428. The van der Waals surface area contributed by atoms with E-state index >= 15 is 0 Å². The number of rotatable bonds is 7. The number of carbonyl (C=O) groups excluding carboxylic acids is 1. The lowest BCUT2D eigenvalue weighted by atomic mass is 10.3. The van der Waals surface area contributed by atoms with Gasteiger partial charge in [0.05, 0.1) is 11.7 Å². The van der Waals surface area contributed by atoms with Crippen molar-refractivity contribution in [2.75, 3.05) is 19.7 Å². The Morgan fingerprint density at radius 3 is 2.95 bits per heavy atom. The number of aryl methyl sites for hydroxylation is 1. The summed E-state index contributed by atoms with van der Waals surface area (Å²) in [6.07, 6.45) is 4.73. The van der Waals surface area contributed by atoms with Crippen molar-refractivity contribution in [1.29, 1.82) is 0 Å². The summed E-state index contributed by atoms with van der Waals surface area (Å²) in [4.78, 5) is 14.0. The van der Waals surface area contributed by atoms with Gasteiger partial charge in [-0.25, -0.2) is 0 Å². The second-order valence-corrected chi connectivity index (χ2v) is 5.19. The average molecular weight is 281 g/mol. The number of amides is 1. The van der Waals surface area contributed by atoms with Crippen molar-refractivity contribution in [3.63, 3.8) is 0 Å². The zero-order valence-corrected chi connectivity index (χ0v) is 12.0. The first-order valence-electron chi connectivity index (χ1n) is 7.22. The summed E-state index contributed by atoms with van der Waals surface area (Å²) in [7, 11) is 0. The third-order valence-corrected chi connectivity index (χ3v) is 3.51. The van der Waals surface area contributed by atoms with E-state index < -0.39 is 0 Å². The molecule has 1 saturated heterocycles. The first-order valence-corrected chi connectivity index (χ1v) is 7.22. The normalized spacial score (nSPS) is 16.6. The van der Waals surface area contributed by atoms with Gasteiger partial charge in [-0.15, -0.1) is 5.10 Å². The van der Waals surface area contributed by atoms with Crippen LogP contribution < -0.4 is 5.32 Å². The summed E-state index contributed by atoms with van der Waals surface area (Å²) in [5.74, 6) is 0.162. The summed E-state index contributed by atoms with van der Waals surface area (Å²) < 4.78 is 1.71. The third-order valence-electron chi connectivity index (χ3n) is 3.51. The molecule has 1 amide bonds. The van der Waals surface area contributed by atoms with E-state index in [9.17, 15) is 4.79 Å². The Morgan fingerprint density at radius 1 is 1.50 bits per heavy atom. The first kappa shape index (κ1) is 14.9. The number of carbonyl (C=O) groups is 1. The van der Waals surface area contributed by atoms with E-state index in [-0.39, 0.29) is 18.6 Å². The molecule has 112 valence electrons. The fraction of sp³-hybridized carbons (Fsp3) is 0.769. The van der Waals surface area contributed by atoms with Gasteiger partial charge in [-0.3, -0.25) is 9.48 Å². The molecule has 1 aliphatic rings. The molecule has 1 aromatic heterocycles. The quantitative estimate of drug-likeness (QED) is 0.721. The Morgan fingerprint density at radius 2 is 2.25 bits per heavy atom. The number of aliphatic hydroxyl groups is 1. The van der Waals surface area contributed by atoms with Crippen LogP contribution in [0.4, 0.5) is 0 Å². The summed E-state index contributed by atoms with van der Waals surface area (Å²) in [5, 5.41) is 20.0. The van der Waals surface area contributed by atoms with Gasteiger partial charge in [0.1, 0.15) is 0 Å². The highest BCUT2D eigenvalue weighted by Crippen LogP contribution is 2.09. The maximum Gasteiger partial charge on any atom is 0.239 e. The van der Waals surface area contributed by atoms with E-state index in [1.165, 1.54) is 0 Å². The van der Waals surface area contributed by atoms with Crippen LogP contribution in [0.5, 0.6) is 0 Å². The molecule has 1 aliphatic heterocycles. The molecule has 7 nitrogen and oxygen atoms in total. The largest absolute Gasteiger partial charge is 0.396 e. The van der Waals surface area contributed by atoms with Crippen molar-refractivity contribution >= 4 is 5.91 Å². The molecule has 20 heavy (non-hydrogen) atoms. The lowest BCUT2D eigenvalue weighted by Crippen LogP contribution is -2.43. The van der Waals surface area contributed by atoms with Gasteiger partial charge in [0.15, 0.2) is 0 Å². The van der Waals surface area contributed by atoms with E-state index in [1.54, 1.807) is 4.68 Å². The van der Waals surface area contributed by atoms with E-state index in [0.29, 0.717) is 19.5 Å². The third kappa shape index (κ3) is 4.01. The van der Waals surface area contributed by atoms with E-state index in [4.69, 9.17) is 5.11 Å². The summed E-state index contributed by atoms with van der Waals surface area (Å²) in [5.41, 5.74) is 0.809. The van der Waals surface area contributed by atoms with Gasteiger partial charge < -0.3 is 15.3 Å². The van der Waals surface area contributed by atoms with Gasteiger partial charge in [-0.2, -0.15) is 0 Å². The molecule has 7 heteroatoms. The second kappa shape index (κ2) is 7.35. The number of aliphatic hydroxyl groups excluding tert-OH is 1. The standard InChI is InChI=1S/C13H23N5O2/c1-11(13(20)17-5-2-3-6-17)14-9-12-10-18(16-15-12)7-4-8-19/h10-11,14,19H,2-9H2,1H3. The number of likely N-dealkylation sites (tertiary alicyclic amines) is 1. The minimum Gasteiger partial charge on any atom is -0.396 e. The molecule has 1 unspecified atom stereocenters. The van der Waals surface area contributed by atoms with Crippen LogP contribution in [-0.2, 0) is 17.9 Å². The summed E-state index contributed by atoms with van der Waals surface area (Å²) >= 11 is 0. The van der Waals surface area contributed by atoms with E-state index in [1.807, 2.05) is 18.0 Å². The Balaban J connectivity index is 1.76. The summed E-state index contributed by atoms with van der Waals surface area (Å²) in [6, 6.07) is -0.198. The highest BCUT2D eigenvalue weighted by molar-refractivity contribution is 5.81. The molecule has 0 saturated carbocycles. The molecule has 0 spiro atoms. The van der Waals surface area contributed by atoms with Crippen LogP contribution in [0.15, 0.2) is 6.20 Å². The predicted molar refractivity (Wildman–Crippen MR) is 73.8 cm³/mol. The van der Waals surface area contributed by atoms with Gasteiger partial charge in [0, 0.05) is 39.0 Å². The number of nitrogens with one attached hydrogen (secondary N) is 1. The molecule has 0 bridgehead atoms. The maximum atomic E-state index is 12.1. The van der Waals surface area contributed by atoms with Gasteiger partial charge in [-0.1, -0.05) is 5.21 Å². The van der Waals surface area contributed by atoms with Crippen molar-refractivity contribution < 1.29 is 9.90 Å². The van der Waals surface area contributed by atoms with E-state index in [2.05, 4.69) is 15.6 Å². The molecule has 0 aliphatic carbocycles. The average Bonchev–Trinajstić information content (AvgIpc) is 3.13. The number of aromatic nitrogens is 3. The summed E-state index contributed by atoms with van der Waals surface area (Å²) in [6.45, 7) is 4.97. The van der Waals surface area contributed by atoms with Crippen LogP contribution in [0.2, 0.25) is 0 Å². The number of hydrogen-bond donors (Lipinski definition) is 2. The molecule has 2 heterocycles. The Labute approximate surface area is 119 Å². The molecule has 1 atom stereocenters. The molecular weight excluding hydrogens is 258 g/mol. The fourth-order valence-corrected chi connectivity index (χ4v) is 2.32. The van der Waals surface area contributed by atoms with Crippen molar-refractivity contribution in [1.82, 2.24) is 25.2 Å². The fourth-order valence-electron chi connectivity index (χ4n) is 2.32. The SMILES string of the molecule is CC(NCc1cn(CCCO)nn1)C(=O)N1CCCC1. The van der Waals surface area contributed by atoms with Crippen molar-refractivity contribution in [2.24, 2.45) is 0 Å². The zero-order valence-electron chi connectivity index (χ0n) is 12.0. The van der Waals surface area contributed by atoms with Crippen LogP contribution in [0.1, 0.15) is 31.9 Å². The molecule has 1 aromatic rings. The number of nitrogens with zero attached hydrogens (tertiary/aromatic N) is 4. The second-order valence-electron chi connectivity index (χ2n) is 5.19. The van der Waals surface area contributed by atoms with Gasteiger partial charge in [0.2, 0.25) is 5.91 Å². The van der Waals surface area contributed by atoms with E-state index in [0.717, 1.165) is 31.6 Å². The molecular formula is C13H23N5O2. The van der Waals surface area contributed by atoms with Crippen LogP contribution in [0.25, 0.3) is 0 Å². The van der Waals surface area contributed by atoms with Gasteiger partial charge in [0.25, 0.3) is 0 Å². The van der Waals surface area contributed by atoms with Gasteiger partial charge in [-0.05, 0) is 26.2 Å². The molecule has 1 fully saturated rings. The lowest BCUT2D eigenvalue weighted by molar-refractivity contribution is -0.131. The topological polar surface area (TPSA) is 83.3 Å². The zero-order chi connectivity index (χ0) is 14.4. The molecule has 0 aromatic carbocycles. The minimum absolute atomic E-state index is 0.148. The van der Waals surface area contributed by atoms with Crippen molar-refractivity contribution in [3.8, 4) is 0 Å². The molecule has 0 radical (unpaired) electrons. The van der Waals surface area contributed by atoms with Crippen molar-refractivity contribution in [2.45, 2.75) is 45.3 Å². The lowest BCUT2D eigenvalue weighted by Gasteiger charge is -2.20. The van der Waals surface area contributed by atoms with Crippen molar-refractivity contribution in [3.05, 3.63) is 11.9 Å². The van der Waals surface area contributed by atoms with Crippen LogP contribution in [0, 0.1) is 0 Å². The monoisotopic (exact) mass is 281 g/mol. The Hall–Kier alpha value is -1.47. The highest BCUT2D eigenvalue weighted by atomic mass is 16.3. The highest BCUT2D eigenvalue weighted by Gasteiger charge is 2.22.